The summed E-state index contributed by atoms with van der Waals surface area (Å²) >= 11 is 3.40. The molecule has 0 spiro atoms. The SMILES string of the molecule is CCN1CCOC(COc2cc(Br)ccc2C(C)=O)C1. The number of nitrogens with zero attached hydrogens (tertiary/aromatic N) is 1. The average Bonchev–Trinajstić information content (AvgIpc) is 2.45. The summed E-state index contributed by atoms with van der Waals surface area (Å²) in [5.41, 5.74) is 0.608. The fraction of sp³-hybridized carbons (Fsp3) is 0.533. The summed E-state index contributed by atoms with van der Waals surface area (Å²) in [6.45, 7) is 7.77. The lowest BCUT2D eigenvalue weighted by Crippen LogP contribution is -2.44. The molecule has 1 unspecified atom stereocenters. The van der Waals surface area contributed by atoms with Gasteiger partial charge in [-0.15, -0.1) is 0 Å². The van der Waals surface area contributed by atoms with E-state index in [0.29, 0.717) is 17.9 Å². The van der Waals surface area contributed by atoms with Crippen molar-refractivity contribution in [3.8, 4) is 5.75 Å². The van der Waals surface area contributed by atoms with E-state index in [-0.39, 0.29) is 11.9 Å². The largest absolute Gasteiger partial charge is 0.490 e. The minimum absolute atomic E-state index is 0.00671. The molecule has 1 aromatic rings. The van der Waals surface area contributed by atoms with Crippen molar-refractivity contribution in [3.63, 3.8) is 0 Å². The Labute approximate surface area is 128 Å². The number of benzene rings is 1. The van der Waals surface area contributed by atoms with Crippen LogP contribution in [0.2, 0.25) is 0 Å². The van der Waals surface area contributed by atoms with Gasteiger partial charge < -0.3 is 9.47 Å². The predicted octanol–water partition coefficient (Wildman–Crippen LogP) is 2.75. The lowest BCUT2D eigenvalue weighted by molar-refractivity contribution is -0.0464. The molecule has 0 amide bonds. The first-order valence-corrected chi connectivity index (χ1v) is 7.66. The number of hydrogen-bond donors (Lipinski definition) is 0. The number of likely N-dealkylation sites (N-methyl/N-ethyl adjacent to an activating group) is 1. The van der Waals surface area contributed by atoms with Crippen LogP contribution < -0.4 is 4.74 Å². The number of rotatable bonds is 5. The van der Waals surface area contributed by atoms with Crippen molar-refractivity contribution in [1.29, 1.82) is 0 Å². The normalized spacial score (nSPS) is 19.9. The van der Waals surface area contributed by atoms with Crippen molar-refractivity contribution in [1.82, 2.24) is 4.90 Å². The quantitative estimate of drug-likeness (QED) is 0.772. The maximum absolute atomic E-state index is 11.6. The van der Waals surface area contributed by atoms with Crippen LogP contribution >= 0.6 is 15.9 Å². The fourth-order valence-electron chi connectivity index (χ4n) is 2.26. The van der Waals surface area contributed by atoms with Crippen molar-refractivity contribution in [3.05, 3.63) is 28.2 Å². The van der Waals surface area contributed by atoms with E-state index < -0.39 is 0 Å². The zero-order valence-corrected chi connectivity index (χ0v) is 13.5. The minimum Gasteiger partial charge on any atom is -0.490 e. The van der Waals surface area contributed by atoms with Gasteiger partial charge in [0.15, 0.2) is 5.78 Å². The van der Waals surface area contributed by atoms with Crippen LogP contribution in [0.25, 0.3) is 0 Å². The summed E-state index contributed by atoms with van der Waals surface area (Å²) in [6, 6.07) is 5.46. The number of morpholine rings is 1. The van der Waals surface area contributed by atoms with E-state index in [1.165, 1.54) is 0 Å². The third kappa shape index (κ3) is 4.04. The van der Waals surface area contributed by atoms with E-state index in [9.17, 15) is 4.79 Å². The molecule has 0 bridgehead atoms. The topological polar surface area (TPSA) is 38.8 Å². The molecule has 1 atom stereocenters. The molecule has 0 radical (unpaired) electrons. The van der Waals surface area contributed by atoms with E-state index in [2.05, 4.69) is 27.8 Å². The van der Waals surface area contributed by atoms with Crippen LogP contribution in [-0.4, -0.2) is 49.6 Å². The van der Waals surface area contributed by atoms with Crippen LogP contribution in [0.3, 0.4) is 0 Å². The second-order valence-electron chi connectivity index (χ2n) is 4.89. The number of carbonyl (C=O) groups is 1. The summed E-state index contributed by atoms with van der Waals surface area (Å²) < 4.78 is 12.4. The van der Waals surface area contributed by atoms with Crippen LogP contribution in [-0.2, 0) is 4.74 Å². The maximum atomic E-state index is 11.6. The highest BCUT2D eigenvalue weighted by Crippen LogP contribution is 2.24. The van der Waals surface area contributed by atoms with Gasteiger partial charge in [-0.1, -0.05) is 22.9 Å². The Hall–Kier alpha value is -0.910. The van der Waals surface area contributed by atoms with Crippen molar-refractivity contribution >= 4 is 21.7 Å². The highest BCUT2D eigenvalue weighted by atomic mass is 79.9. The summed E-state index contributed by atoms with van der Waals surface area (Å²) in [6.07, 6.45) is 0.0579. The van der Waals surface area contributed by atoms with E-state index in [1.807, 2.05) is 12.1 Å². The third-order valence-corrected chi connectivity index (χ3v) is 3.91. The molecule has 0 N–H and O–H groups in total. The molecule has 2 rings (SSSR count). The molecule has 0 saturated carbocycles. The zero-order chi connectivity index (χ0) is 14.5. The van der Waals surface area contributed by atoms with E-state index in [1.54, 1.807) is 13.0 Å². The third-order valence-electron chi connectivity index (χ3n) is 3.42. The molecule has 110 valence electrons. The van der Waals surface area contributed by atoms with Crippen molar-refractivity contribution in [2.24, 2.45) is 0 Å². The molecule has 0 aromatic heterocycles. The van der Waals surface area contributed by atoms with E-state index in [4.69, 9.17) is 9.47 Å². The Morgan fingerprint density at radius 1 is 1.55 bits per heavy atom. The van der Waals surface area contributed by atoms with Gasteiger partial charge in [-0.2, -0.15) is 0 Å². The van der Waals surface area contributed by atoms with Crippen molar-refractivity contribution in [2.45, 2.75) is 20.0 Å². The Morgan fingerprint density at radius 3 is 3.05 bits per heavy atom. The smallest absolute Gasteiger partial charge is 0.163 e. The standard InChI is InChI=1S/C15H20BrNO3/c1-3-17-6-7-19-13(9-17)10-20-15-8-12(16)4-5-14(15)11(2)18/h4-5,8,13H,3,6-7,9-10H2,1-2H3. The van der Waals surface area contributed by atoms with Crippen LogP contribution in [0.5, 0.6) is 5.75 Å². The minimum atomic E-state index is 0.00671. The van der Waals surface area contributed by atoms with Gasteiger partial charge in [-0.3, -0.25) is 9.69 Å². The molecule has 1 saturated heterocycles. The summed E-state index contributed by atoms with van der Waals surface area (Å²) in [5, 5.41) is 0. The number of ketones is 1. The van der Waals surface area contributed by atoms with Gasteiger partial charge in [-0.25, -0.2) is 0 Å². The van der Waals surface area contributed by atoms with Crippen LogP contribution in [0, 0.1) is 0 Å². The van der Waals surface area contributed by atoms with Gasteiger partial charge in [0.2, 0.25) is 0 Å². The van der Waals surface area contributed by atoms with Crippen LogP contribution in [0.15, 0.2) is 22.7 Å². The molecule has 20 heavy (non-hydrogen) atoms. The first-order chi connectivity index (χ1) is 9.60. The number of ether oxygens (including phenoxy) is 2. The van der Waals surface area contributed by atoms with E-state index in [0.717, 1.165) is 30.7 Å². The molecule has 0 aliphatic carbocycles. The molecule has 5 heteroatoms. The van der Waals surface area contributed by atoms with Crippen LogP contribution in [0.4, 0.5) is 0 Å². The molecular weight excluding hydrogens is 322 g/mol. The Kier molecular flexibility index (Phi) is 5.57. The maximum Gasteiger partial charge on any atom is 0.163 e. The second kappa shape index (κ2) is 7.20. The number of carbonyl (C=O) groups excluding carboxylic acids is 1. The molecular formula is C15H20BrNO3. The second-order valence-corrected chi connectivity index (χ2v) is 5.81. The highest BCUT2D eigenvalue weighted by molar-refractivity contribution is 9.10. The first-order valence-electron chi connectivity index (χ1n) is 6.87. The van der Waals surface area contributed by atoms with Crippen LogP contribution in [0.1, 0.15) is 24.2 Å². The van der Waals surface area contributed by atoms with Gasteiger partial charge >= 0.3 is 0 Å². The summed E-state index contributed by atoms with van der Waals surface area (Å²) in [5.74, 6) is 0.622. The highest BCUT2D eigenvalue weighted by Gasteiger charge is 2.20. The number of hydrogen-bond acceptors (Lipinski definition) is 4. The molecule has 1 aliphatic rings. The average molecular weight is 342 g/mol. The van der Waals surface area contributed by atoms with Gasteiger partial charge in [0.05, 0.1) is 12.2 Å². The predicted molar refractivity (Wildman–Crippen MR) is 81.5 cm³/mol. The Morgan fingerprint density at radius 2 is 2.35 bits per heavy atom. The van der Waals surface area contributed by atoms with Gasteiger partial charge in [-0.05, 0) is 31.7 Å². The molecule has 1 heterocycles. The van der Waals surface area contributed by atoms with Crippen molar-refractivity contribution in [2.75, 3.05) is 32.8 Å². The van der Waals surface area contributed by atoms with E-state index >= 15 is 0 Å². The fourth-order valence-corrected chi connectivity index (χ4v) is 2.60. The zero-order valence-electron chi connectivity index (χ0n) is 11.9. The number of Topliss-reactive ketones (excluding diaryl/α,β-unsaturated/α-hetero) is 1. The summed E-state index contributed by atoms with van der Waals surface area (Å²) in [4.78, 5) is 13.9. The Bertz CT molecular complexity index is 478. The molecule has 1 fully saturated rings. The van der Waals surface area contributed by atoms with Gasteiger partial charge in [0, 0.05) is 17.6 Å². The molecule has 4 nitrogen and oxygen atoms in total. The monoisotopic (exact) mass is 341 g/mol. The number of halogens is 1. The molecule has 1 aromatic carbocycles. The lowest BCUT2D eigenvalue weighted by atomic mass is 10.1. The molecule has 1 aliphatic heterocycles. The summed E-state index contributed by atoms with van der Waals surface area (Å²) in [7, 11) is 0. The van der Waals surface area contributed by atoms with Gasteiger partial charge in [0.25, 0.3) is 0 Å². The first kappa shape index (κ1) is 15.5. The van der Waals surface area contributed by atoms with Crippen molar-refractivity contribution < 1.29 is 14.3 Å². The van der Waals surface area contributed by atoms with Gasteiger partial charge in [0.1, 0.15) is 18.5 Å². The lowest BCUT2D eigenvalue weighted by Gasteiger charge is -2.32. The Balaban J connectivity index is 1.99.